The number of hydrogen-bond acceptors (Lipinski definition) is 4. The van der Waals surface area contributed by atoms with Crippen molar-refractivity contribution in [3.05, 3.63) is 23.8 Å². The van der Waals surface area contributed by atoms with E-state index in [0.717, 1.165) is 12.1 Å². The molecule has 0 aliphatic carbocycles. The largest absolute Gasteiger partial charge is 0.488 e. The van der Waals surface area contributed by atoms with Crippen molar-refractivity contribution in [2.24, 2.45) is 0 Å². The summed E-state index contributed by atoms with van der Waals surface area (Å²) < 4.78 is 43.4. The Morgan fingerprint density at radius 3 is 2.26 bits per heavy atom. The van der Waals surface area contributed by atoms with Crippen molar-refractivity contribution in [1.82, 2.24) is 0 Å². The normalized spacial score (nSPS) is 16.6. The van der Waals surface area contributed by atoms with E-state index in [1.165, 1.54) is 6.07 Å². The van der Waals surface area contributed by atoms with Gasteiger partial charge in [0.1, 0.15) is 0 Å². The second-order valence-corrected chi connectivity index (χ2v) is 4.28. The third kappa shape index (κ3) is 3.40. The molecule has 2 N–H and O–H groups in total. The maximum Gasteiger partial charge on any atom is 0.488 e. The molecule has 4 nitrogen and oxygen atoms in total. The van der Waals surface area contributed by atoms with Gasteiger partial charge in [0.05, 0.1) is 18.8 Å². The second-order valence-electron chi connectivity index (χ2n) is 4.28. The number of benzene rings is 1. The molecule has 0 saturated carbocycles. The fraction of sp³-hybridized carbons (Fsp3) is 0.455. The number of hydrogen-bond donors (Lipinski definition) is 2. The van der Waals surface area contributed by atoms with E-state index in [2.05, 4.69) is 0 Å². The number of ether oxygens (including phenoxy) is 1. The van der Waals surface area contributed by atoms with Crippen LogP contribution >= 0.6 is 0 Å². The van der Waals surface area contributed by atoms with E-state index in [0.29, 0.717) is 32.0 Å². The molecule has 8 heteroatoms. The van der Waals surface area contributed by atoms with Crippen molar-refractivity contribution in [3.8, 4) is 0 Å². The number of halogens is 3. The van der Waals surface area contributed by atoms with Crippen molar-refractivity contribution in [2.75, 3.05) is 31.2 Å². The molecule has 0 radical (unpaired) electrons. The van der Waals surface area contributed by atoms with Gasteiger partial charge in [0.15, 0.2) is 0 Å². The second kappa shape index (κ2) is 5.40. The van der Waals surface area contributed by atoms with Crippen LogP contribution in [0.5, 0.6) is 0 Å². The van der Waals surface area contributed by atoms with Gasteiger partial charge in [0.25, 0.3) is 0 Å². The van der Waals surface area contributed by atoms with Crippen LogP contribution in [-0.2, 0) is 10.9 Å². The standard InChI is InChI=1S/C11H13BF3NO3/c13-11(14,15)8-5-9(12(17)18)7-10(6-8)16-1-3-19-4-2-16/h5-7,17-18H,1-4H2. The quantitative estimate of drug-likeness (QED) is 0.758. The molecule has 1 saturated heterocycles. The van der Waals surface area contributed by atoms with Crippen LogP contribution < -0.4 is 10.4 Å². The highest BCUT2D eigenvalue weighted by molar-refractivity contribution is 6.58. The highest BCUT2D eigenvalue weighted by atomic mass is 19.4. The molecule has 0 atom stereocenters. The summed E-state index contributed by atoms with van der Waals surface area (Å²) in [5.74, 6) is 0. The van der Waals surface area contributed by atoms with Crippen molar-refractivity contribution in [1.29, 1.82) is 0 Å². The monoisotopic (exact) mass is 275 g/mol. The molecule has 104 valence electrons. The first-order chi connectivity index (χ1) is 8.88. The lowest BCUT2D eigenvalue weighted by molar-refractivity contribution is -0.137. The Kier molecular flexibility index (Phi) is 4.03. The molecule has 1 aromatic rings. The maximum atomic E-state index is 12.8. The number of anilines is 1. The maximum absolute atomic E-state index is 12.8. The Morgan fingerprint density at radius 1 is 1.11 bits per heavy atom. The summed E-state index contributed by atoms with van der Waals surface area (Å²) in [6, 6.07) is 3.11. The third-order valence-corrected chi connectivity index (χ3v) is 2.94. The third-order valence-electron chi connectivity index (χ3n) is 2.94. The molecule has 1 fully saturated rings. The minimum Gasteiger partial charge on any atom is -0.423 e. The van der Waals surface area contributed by atoms with Gasteiger partial charge in [-0.05, 0) is 17.6 Å². The summed E-state index contributed by atoms with van der Waals surface area (Å²) in [5.41, 5.74) is -0.739. The van der Waals surface area contributed by atoms with Crippen molar-refractivity contribution in [2.45, 2.75) is 6.18 Å². The number of rotatable bonds is 2. The zero-order valence-corrected chi connectivity index (χ0v) is 10.0. The van der Waals surface area contributed by atoms with Crippen LogP contribution in [0.25, 0.3) is 0 Å². The van der Waals surface area contributed by atoms with Gasteiger partial charge in [-0.25, -0.2) is 0 Å². The molecule has 1 aliphatic rings. The van der Waals surface area contributed by atoms with Gasteiger partial charge in [0.2, 0.25) is 0 Å². The predicted octanol–water partition coefficient (Wildman–Crippen LogP) is 0.222. The average Bonchev–Trinajstić information content (AvgIpc) is 2.38. The predicted molar refractivity (Wildman–Crippen MR) is 64.3 cm³/mol. The molecular weight excluding hydrogens is 262 g/mol. The molecule has 0 aromatic heterocycles. The number of morpholine rings is 1. The van der Waals surface area contributed by atoms with Gasteiger partial charge >= 0.3 is 13.3 Å². The Bertz CT molecular complexity index is 447. The molecule has 2 rings (SSSR count). The molecule has 1 aromatic carbocycles. The lowest BCUT2D eigenvalue weighted by Gasteiger charge is -2.29. The molecular formula is C11H13BF3NO3. The lowest BCUT2D eigenvalue weighted by Crippen LogP contribution is -2.38. The van der Waals surface area contributed by atoms with Crippen LogP contribution in [0.4, 0.5) is 18.9 Å². The van der Waals surface area contributed by atoms with E-state index in [-0.39, 0.29) is 5.46 Å². The fourth-order valence-electron chi connectivity index (χ4n) is 1.95. The van der Waals surface area contributed by atoms with Gasteiger partial charge in [-0.2, -0.15) is 13.2 Å². The first kappa shape index (κ1) is 14.2. The SMILES string of the molecule is OB(O)c1cc(N2CCOCC2)cc(C(F)(F)F)c1. The van der Waals surface area contributed by atoms with Crippen molar-refractivity contribution in [3.63, 3.8) is 0 Å². The van der Waals surface area contributed by atoms with Crippen LogP contribution in [-0.4, -0.2) is 43.5 Å². The van der Waals surface area contributed by atoms with Gasteiger partial charge < -0.3 is 19.7 Å². The number of nitrogens with zero attached hydrogens (tertiary/aromatic N) is 1. The van der Waals surface area contributed by atoms with E-state index in [1.54, 1.807) is 4.90 Å². The van der Waals surface area contributed by atoms with Gasteiger partial charge in [-0.3, -0.25) is 0 Å². The summed E-state index contributed by atoms with van der Waals surface area (Å²) in [6.45, 7) is 1.82. The highest BCUT2D eigenvalue weighted by Gasteiger charge is 2.32. The van der Waals surface area contributed by atoms with Crippen molar-refractivity contribution < 1.29 is 28.0 Å². The van der Waals surface area contributed by atoms with E-state index >= 15 is 0 Å². The van der Waals surface area contributed by atoms with Crippen LogP contribution in [0.2, 0.25) is 0 Å². The molecule has 1 heterocycles. The van der Waals surface area contributed by atoms with Gasteiger partial charge in [-0.15, -0.1) is 0 Å². The zero-order chi connectivity index (χ0) is 14.0. The minimum atomic E-state index is -4.52. The van der Waals surface area contributed by atoms with Crippen LogP contribution in [0, 0.1) is 0 Å². The summed E-state index contributed by atoms with van der Waals surface area (Å²) in [4.78, 5) is 1.73. The molecule has 1 aliphatic heterocycles. The Balaban J connectivity index is 2.39. The summed E-state index contributed by atoms with van der Waals surface area (Å²) in [6.07, 6.45) is -4.52. The molecule has 0 amide bonds. The smallest absolute Gasteiger partial charge is 0.423 e. The first-order valence-electron chi connectivity index (χ1n) is 5.79. The summed E-state index contributed by atoms with van der Waals surface area (Å²) >= 11 is 0. The molecule has 0 spiro atoms. The van der Waals surface area contributed by atoms with Crippen LogP contribution in [0.3, 0.4) is 0 Å². The summed E-state index contributed by atoms with van der Waals surface area (Å²) in [5, 5.41) is 18.2. The Morgan fingerprint density at radius 2 is 1.74 bits per heavy atom. The highest BCUT2D eigenvalue weighted by Crippen LogP contribution is 2.31. The van der Waals surface area contributed by atoms with E-state index in [1.807, 2.05) is 0 Å². The van der Waals surface area contributed by atoms with E-state index in [9.17, 15) is 13.2 Å². The first-order valence-corrected chi connectivity index (χ1v) is 5.79. The van der Waals surface area contributed by atoms with Gasteiger partial charge in [-0.1, -0.05) is 6.07 Å². The fourth-order valence-corrected chi connectivity index (χ4v) is 1.95. The topological polar surface area (TPSA) is 52.9 Å². The van der Waals surface area contributed by atoms with Crippen LogP contribution in [0.15, 0.2) is 18.2 Å². The van der Waals surface area contributed by atoms with Gasteiger partial charge in [0, 0.05) is 18.8 Å². The molecule has 19 heavy (non-hydrogen) atoms. The summed E-state index contributed by atoms with van der Waals surface area (Å²) in [7, 11) is -1.93. The van der Waals surface area contributed by atoms with Crippen molar-refractivity contribution >= 4 is 18.3 Å². The Labute approximate surface area is 108 Å². The van der Waals surface area contributed by atoms with E-state index in [4.69, 9.17) is 14.8 Å². The average molecular weight is 275 g/mol. The molecule has 0 bridgehead atoms. The zero-order valence-electron chi connectivity index (χ0n) is 10.0. The minimum absolute atomic E-state index is 0.170. The van der Waals surface area contributed by atoms with Crippen LogP contribution in [0.1, 0.15) is 5.56 Å². The Hall–Kier alpha value is -1.25. The number of alkyl halides is 3. The molecule has 0 unspecified atom stereocenters. The lowest BCUT2D eigenvalue weighted by atomic mass is 9.79. The van der Waals surface area contributed by atoms with E-state index < -0.39 is 18.9 Å².